The van der Waals surface area contributed by atoms with Gasteiger partial charge in [0, 0.05) is 0 Å². The van der Waals surface area contributed by atoms with Crippen LogP contribution in [0.5, 0.6) is 0 Å². The average molecular weight is 236 g/mol. The molecular formula is C18H20. The minimum atomic E-state index is 0.707. The Kier molecular flexibility index (Phi) is 4.35. The van der Waals surface area contributed by atoms with Crippen molar-refractivity contribution < 1.29 is 0 Å². The third kappa shape index (κ3) is 3.89. The van der Waals surface area contributed by atoms with E-state index in [0.29, 0.717) is 5.92 Å². The lowest BCUT2D eigenvalue weighted by atomic mass is 10.0. The van der Waals surface area contributed by atoms with E-state index in [1.54, 1.807) is 0 Å². The molecule has 2 aromatic carbocycles. The molecule has 0 atom stereocenters. The zero-order valence-corrected chi connectivity index (χ0v) is 11.1. The van der Waals surface area contributed by atoms with Crippen molar-refractivity contribution >= 4 is 12.2 Å². The molecule has 0 aliphatic heterocycles. The fraction of sp³-hybridized carbons (Fsp3) is 0.222. The van der Waals surface area contributed by atoms with Gasteiger partial charge in [-0.15, -0.1) is 0 Å². The van der Waals surface area contributed by atoms with E-state index < -0.39 is 0 Å². The molecule has 0 bridgehead atoms. The molecule has 0 heteroatoms. The predicted molar refractivity (Wildman–Crippen MR) is 80.4 cm³/mol. The molecule has 0 aromatic heterocycles. The van der Waals surface area contributed by atoms with Crippen LogP contribution in [0.25, 0.3) is 12.2 Å². The van der Waals surface area contributed by atoms with E-state index in [1.807, 2.05) is 6.07 Å². The van der Waals surface area contributed by atoms with Crippen molar-refractivity contribution in [2.24, 2.45) is 5.92 Å². The van der Waals surface area contributed by atoms with E-state index in [9.17, 15) is 0 Å². The van der Waals surface area contributed by atoms with Crippen LogP contribution in [0.3, 0.4) is 0 Å². The molecule has 0 unspecified atom stereocenters. The molecule has 0 fully saturated rings. The molecule has 0 nitrogen and oxygen atoms in total. The fourth-order valence-electron chi connectivity index (χ4n) is 2.05. The van der Waals surface area contributed by atoms with Crippen LogP contribution < -0.4 is 0 Å². The molecular weight excluding hydrogens is 216 g/mol. The Morgan fingerprint density at radius 1 is 0.833 bits per heavy atom. The van der Waals surface area contributed by atoms with Gasteiger partial charge >= 0.3 is 0 Å². The molecule has 18 heavy (non-hydrogen) atoms. The maximum atomic E-state index is 2.28. The van der Waals surface area contributed by atoms with Crippen molar-refractivity contribution in [3.05, 3.63) is 71.3 Å². The van der Waals surface area contributed by atoms with Gasteiger partial charge in [0.25, 0.3) is 0 Å². The molecule has 0 N–H and O–H groups in total. The van der Waals surface area contributed by atoms with Crippen LogP contribution in [-0.2, 0) is 6.42 Å². The lowest BCUT2D eigenvalue weighted by Crippen LogP contribution is -1.93. The summed E-state index contributed by atoms with van der Waals surface area (Å²) in [5.74, 6) is 0.707. The number of rotatable bonds is 4. The molecule has 0 saturated carbocycles. The van der Waals surface area contributed by atoms with Crippen molar-refractivity contribution in [1.82, 2.24) is 0 Å². The molecule has 0 radical (unpaired) electrons. The highest BCUT2D eigenvalue weighted by molar-refractivity contribution is 5.69. The minimum Gasteiger partial charge on any atom is -0.0625 e. The highest BCUT2D eigenvalue weighted by Crippen LogP contribution is 2.13. The summed E-state index contributed by atoms with van der Waals surface area (Å²) in [6.07, 6.45) is 5.49. The first-order chi connectivity index (χ1) is 8.74. The standard InChI is InChI=1S/C18H20/c1-15(2)13-18-10-6-9-17(14-18)12-11-16-7-4-3-5-8-16/h3-12,14-15H,13H2,1-2H3/b12-11-. The van der Waals surface area contributed by atoms with Crippen molar-refractivity contribution in [1.29, 1.82) is 0 Å². The number of hydrogen-bond donors (Lipinski definition) is 0. The first kappa shape index (κ1) is 12.6. The maximum absolute atomic E-state index is 2.28. The molecule has 0 aliphatic carbocycles. The first-order valence-electron chi connectivity index (χ1n) is 6.56. The zero-order chi connectivity index (χ0) is 12.8. The Balaban J connectivity index is 2.12. The third-order valence-electron chi connectivity index (χ3n) is 2.86. The van der Waals surface area contributed by atoms with Crippen molar-refractivity contribution in [3.63, 3.8) is 0 Å². The van der Waals surface area contributed by atoms with Crippen molar-refractivity contribution in [3.8, 4) is 0 Å². The van der Waals surface area contributed by atoms with E-state index in [2.05, 4.69) is 74.5 Å². The first-order valence-corrected chi connectivity index (χ1v) is 6.56. The van der Waals surface area contributed by atoms with Gasteiger partial charge in [-0.3, -0.25) is 0 Å². The van der Waals surface area contributed by atoms with E-state index >= 15 is 0 Å². The Morgan fingerprint density at radius 3 is 2.22 bits per heavy atom. The topological polar surface area (TPSA) is 0 Å². The highest BCUT2D eigenvalue weighted by atomic mass is 14.0. The smallest absolute Gasteiger partial charge is 0.0254 e. The van der Waals surface area contributed by atoms with Crippen molar-refractivity contribution in [2.45, 2.75) is 20.3 Å². The molecule has 0 amide bonds. The average Bonchev–Trinajstić information content (AvgIpc) is 2.37. The molecule has 0 spiro atoms. The number of benzene rings is 2. The Hall–Kier alpha value is -1.82. The van der Waals surface area contributed by atoms with E-state index in [0.717, 1.165) is 6.42 Å². The second-order valence-corrected chi connectivity index (χ2v) is 5.09. The normalized spacial score (nSPS) is 11.3. The van der Waals surface area contributed by atoms with E-state index in [1.165, 1.54) is 16.7 Å². The van der Waals surface area contributed by atoms with E-state index in [-0.39, 0.29) is 0 Å². The summed E-state index contributed by atoms with van der Waals surface area (Å²) < 4.78 is 0. The molecule has 0 saturated heterocycles. The predicted octanol–water partition coefficient (Wildman–Crippen LogP) is 5.06. The van der Waals surface area contributed by atoms with Crippen LogP contribution in [0, 0.1) is 5.92 Å². The summed E-state index contributed by atoms with van der Waals surface area (Å²) in [4.78, 5) is 0. The van der Waals surface area contributed by atoms with Crippen LogP contribution in [0.15, 0.2) is 54.6 Å². The Labute approximate surface area is 110 Å². The van der Waals surface area contributed by atoms with Gasteiger partial charge in [0.2, 0.25) is 0 Å². The summed E-state index contributed by atoms with van der Waals surface area (Å²) in [5, 5.41) is 0. The summed E-state index contributed by atoms with van der Waals surface area (Å²) >= 11 is 0. The monoisotopic (exact) mass is 236 g/mol. The fourth-order valence-corrected chi connectivity index (χ4v) is 2.05. The van der Waals surface area contributed by atoms with Crippen LogP contribution in [0.2, 0.25) is 0 Å². The molecule has 0 heterocycles. The maximum Gasteiger partial charge on any atom is -0.0254 e. The summed E-state index contributed by atoms with van der Waals surface area (Å²) in [5.41, 5.74) is 3.93. The lowest BCUT2D eigenvalue weighted by Gasteiger charge is -2.05. The third-order valence-corrected chi connectivity index (χ3v) is 2.86. The van der Waals surface area contributed by atoms with Gasteiger partial charge in [0.05, 0.1) is 0 Å². The number of hydrogen-bond acceptors (Lipinski definition) is 0. The van der Waals surface area contributed by atoms with Gasteiger partial charge < -0.3 is 0 Å². The quantitative estimate of drug-likeness (QED) is 0.651. The largest absolute Gasteiger partial charge is 0.0625 e. The van der Waals surface area contributed by atoms with Gasteiger partial charge in [0.15, 0.2) is 0 Å². The molecule has 2 rings (SSSR count). The summed E-state index contributed by atoms with van der Waals surface area (Å²) in [6, 6.07) is 19.2. The summed E-state index contributed by atoms with van der Waals surface area (Å²) in [6.45, 7) is 4.51. The molecule has 2 aromatic rings. The van der Waals surface area contributed by atoms with Gasteiger partial charge in [-0.1, -0.05) is 80.6 Å². The Morgan fingerprint density at radius 2 is 1.50 bits per heavy atom. The Bertz CT molecular complexity index is 507. The van der Waals surface area contributed by atoms with Crippen LogP contribution >= 0.6 is 0 Å². The summed E-state index contributed by atoms with van der Waals surface area (Å²) in [7, 11) is 0. The lowest BCUT2D eigenvalue weighted by molar-refractivity contribution is 0.647. The van der Waals surface area contributed by atoms with Crippen LogP contribution in [-0.4, -0.2) is 0 Å². The second-order valence-electron chi connectivity index (χ2n) is 5.09. The van der Waals surface area contributed by atoms with Crippen LogP contribution in [0.4, 0.5) is 0 Å². The van der Waals surface area contributed by atoms with Gasteiger partial charge in [-0.05, 0) is 29.0 Å². The van der Waals surface area contributed by atoms with Crippen molar-refractivity contribution in [2.75, 3.05) is 0 Å². The highest BCUT2D eigenvalue weighted by Gasteiger charge is 1.97. The second kappa shape index (κ2) is 6.20. The van der Waals surface area contributed by atoms with Crippen LogP contribution in [0.1, 0.15) is 30.5 Å². The molecule has 92 valence electrons. The zero-order valence-electron chi connectivity index (χ0n) is 11.1. The van der Waals surface area contributed by atoms with Gasteiger partial charge in [-0.2, -0.15) is 0 Å². The SMILES string of the molecule is CC(C)Cc1cccc(/C=C\c2ccccc2)c1. The van der Waals surface area contributed by atoms with Gasteiger partial charge in [-0.25, -0.2) is 0 Å². The van der Waals surface area contributed by atoms with Gasteiger partial charge in [0.1, 0.15) is 0 Å². The molecule has 0 aliphatic rings. The minimum absolute atomic E-state index is 0.707. The van der Waals surface area contributed by atoms with E-state index in [4.69, 9.17) is 0 Å².